The van der Waals surface area contributed by atoms with Gasteiger partial charge in [-0.3, -0.25) is 14.6 Å². The van der Waals surface area contributed by atoms with Crippen LogP contribution in [0.1, 0.15) is 10.4 Å². The fourth-order valence-corrected chi connectivity index (χ4v) is 4.81. The minimum absolute atomic E-state index is 0.169. The number of rotatable bonds is 4. The number of H-pyrrole nitrogens is 1. The van der Waals surface area contributed by atoms with Gasteiger partial charge in [0.2, 0.25) is 0 Å². The van der Waals surface area contributed by atoms with E-state index in [9.17, 15) is 14.0 Å². The average molecular weight is 466 g/mol. The van der Waals surface area contributed by atoms with Crippen molar-refractivity contribution in [3.63, 3.8) is 0 Å². The van der Waals surface area contributed by atoms with E-state index in [4.69, 9.17) is 4.74 Å². The summed E-state index contributed by atoms with van der Waals surface area (Å²) in [5, 5.41) is 1.69. The van der Waals surface area contributed by atoms with E-state index < -0.39 is 0 Å². The van der Waals surface area contributed by atoms with Gasteiger partial charge >= 0.3 is 0 Å². The standard InChI is InChI=1S/C23H20FN5O3S/c1-32-18-12-14(24)5-6-17(18)28-8-10-29(11-9-28)23(31)15-13-33-20-19(15)26-21(27-22(20)30)16-4-2-3-7-25-16/h2-7,12-13H,8-11H2,1H3,(H,26,27,30). The Hall–Kier alpha value is -3.79. The van der Waals surface area contributed by atoms with Gasteiger partial charge in [-0.15, -0.1) is 11.3 Å². The van der Waals surface area contributed by atoms with Crippen LogP contribution in [0.4, 0.5) is 10.1 Å². The Labute approximate surface area is 192 Å². The van der Waals surface area contributed by atoms with Crippen molar-refractivity contribution in [1.29, 1.82) is 0 Å². The molecule has 1 saturated heterocycles. The molecule has 5 rings (SSSR count). The zero-order chi connectivity index (χ0) is 22.9. The van der Waals surface area contributed by atoms with Crippen molar-refractivity contribution in [2.75, 3.05) is 38.2 Å². The Bertz CT molecular complexity index is 1380. The largest absolute Gasteiger partial charge is 0.494 e. The number of aromatic amines is 1. The molecule has 0 atom stereocenters. The summed E-state index contributed by atoms with van der Waals surface area (Å²) in [6, 6.07) is 9.78. The van der Waals surface area contributed by atoms with Crippen LogP contribution in [0.3, 0.4) is 0 Å². The summed E-state index contributed by atoms with van der Waals surface area (Å²) in [6.45, 7) is 2.10. The van der Waals surface area contributed by atoms with Gasteiger partial charge in [0.25, 0.3) is 11.5 Å². The van der Waals surface area contributed by atoms with E-state index in [1.807, 2.05) is 6.07 Å². The smallest absolute Gasteiger partial charge is 0.269 e. The quantitative estimate of drug-likeness (QED) is 0.498. The third-order valence-corrected chi connectivity index (χ3v) is 6.58. The van der Waals surface area contributed by atoms with Crippen LogP contribution in [-0.2, 0) is 0 Å². The van der Waals surface area contributed by atoms with Crippen LogP contribution in [-0.4, -0.2) is 59.0 Å². The topological polar surface area (TPSA) is 91.4 Å². The first-order valence-electron chi connectivity index (χ1n) is 10.4. The number of carbonyl (C=O) groups excluding carboxylic acids is 1. The summed E-state index contributed by atoms with van der Waals surface area (Å²) in [4.78, 5) is 41.3. The monoisotopic (exact) mass is 465 g/mol. The van der Waals surface area contributed by atoms with E-state index in [0.29, 0.717) is 59.2 Å². The third kappa shape index (κ3) is 3.93. The Morgan fingerprint density at radius 2 is 2.00 bits per heavy atom. The highest BCUT2D eigenvalue weighted by Gasteiger charge is 2.27. The first-order valence-corrected chi connectivity index (χ1v) is 11.2. The lowest BCUT2D eigenvalue weighted by molar-refractivity contribution is 0.0749. The summed E-state index contributed by atoms with van der Waals surface area (Å²) in [7, 11) is 1.51. The molecule has 1 aromatic carbocycles. The SMILES string of the molecule is COc1cc(F)ccc1N1CCN(C(=O)c2csc3c(=O)[nH]c(-c4ccccn4)nc23)CC1. The van der Waals surface area contributed by atoms with Gasteiger partial charge in [0.05, 0.1) is 18.4 Å². The summed E-state index contributed by atoms with van der Waals surface area (Å²) < 4.78 is 19.3. The van der Waals surface area contributed by atoms with Crippen LogP contribution in [0.25, 0.3) is 21.7 Å². The molecule has 1 amide bonds. The van der Waals surface area contributed by atoms with Crippen molar-refractivity contribution >= 4 is 33.1 Å². The molecule has 33 heavy (non-hydrogen) atoms. The first-order chi connectivity index (χ1) is 16.0. The first kappa shape index (κ1) is 21.1. The van der Waals surface area contributed by atoms with Crippen LogP contribution >= 0.6 is 11.3 Å². The molecule has 1 aliphatic heterocycles. The van der Waals surface area contributed by atoms with Crippen molar-refractivity contribution < 1.29 is 13.9 Å². The van der Waals surface area contributed by atoms with Crippen molar-refractivity contribution in [2.24, 2.45) is 0 Å². The number of methoxy groups -OCH3 is 1. The van der Waals surface area contributed by atoms with Gasteiger partial charge < -0.3 is 19.5 Å². The second-order valence-corrected chi connectivity index (χ2v) is 8.43. The summed E-state index contributed by atoms with van der Waals surface area (Å²) in [6.07, 6.45) is 1.62. The maximum absolute atomic E-state index is 13.5. The number of halogens is 1. The number of thiophene rings is 1. The molecule has 0 unspecified atom stereocenters. The molecule has 1 aliphatic rings. The van der Waals surface area contributed by atoms with Gasteiger partial charge in [-0.2, -0.15) is 0 Å². The molecule has 8 nitrogen and oxygen atoms in total. The molecule has 10 heteroatoms. The fraction of sp³-hybridized carbons (Fsp3) is 0.217. The molecule has 168 valence electrons. The lowest BCUT2D eigenvalue weighted by Crippen LogP contribution is -2.48. The normalized spacial score (nSPS) is 14.0. The predicted molar refractivity (Wildman–Crippen MR) is 125 cm³/mol. The lowest BCUT2D eigenvalue weighted by atomic mass is 10.2. The van der Waals surface area contributed by atoms with E-state index >= 15 is 0 Å². The maximum atomic E-state index is 13.5. The van der Waals surface area contributed by atoms with E-state index in [0.717, 1.165) is 5.69 Å². The number of anilines is 1. The summed E-state index contributed by atoms with van der Waals surface area (Å²) in [5.41, 5.74) is 1.82. The number of piperazine rings is 1. The molecule has 0 bridgehead atoms. The highest BCUT2D eigenvalue weighted by Crippen LogP contribution is 2.30. The van der Waals surface area contributed by atoms with E-state index in [1.54, 1.807) is 34.7 Å². The van der Waals surface area contributed by atoms with Crippen LogP contribution in [0.15, 0.2) is 52.8 Å². The number of nitrogens with one attached hydrogen (secondary N) is 1. The molecule has 3 aromatic heterocycles. The number of benzene rings is 1. The number of fused-ring (bicyclic) bond motifs is 1. The molecule has 1 N–H and O–H groups in total. The van der Waals surface area contributed by atoms with Crippen LogP contribution < -0.4 is 15.2 Å². The molecule has 0 spiro atoms. The molecule has 1 fully saturated rings. The number of nitrogens with zero attached hydrogens (tertiary/aromatic N) is 4. The number of hydrogen-bond acceptors (Lipinski definition) is 7. The van der Waals surface area contributed by atoms with Gasteiger partial charge in [0.1, 0.15) is 27.5 Å². The lowest BCUT2D eigenvalue weighted by Gasteiger charge is -2.36. The predicted octanol–water partition coefficient (Wildman–Crippen LogP) is 3.16. The zero-order valence-electron chi connectivity index (χ0n) is 17.7. The van der Waals surface area contributed by atoms with E-state index in [-0.39, 0.29) is 17.3 Å². The van der Waals surface area contributed by atoms with Gasteiger partial charge in [0, 0.05) is 43.8 Å². The third-order valence-electron chi connectivity index (χ3n) is 5.61. The van der Waals surface area contributed by atoms with Gasteiger partial charge in [-0.1, -0.05) is 6.07 Å². The van der Waals surface area contributed by atoms with E-state index in [2.05, 4.69) is 19.9 Å². The van der Waals surface area contributed by atoms with Crippen LogP contribution in [0.2, 0.25) is 0 Å². The number of amides is 1. The second kappa shape index (κ2) is 8.62. The maximum Gasteiger partial charge on any atom is 0.269 e. The van der Waals surface area contributed by atoms with Gasteiger partial charge in [-0.05, 0) is 24.3 Å². The minimum atomic E-state index is -0.360. The molecule has 0 radical (unpaired) electrons. The van der Waals surface area contributed by atoms with E-state index in [1.165, 1.54) is 30.6 Å². The van der Waals surface area contributed by atoms with Crippen LogP contribution in [0, 0.1) is 5.82 Å². The molecule has 0 aliphatic carbocycles. The molecule has 4 aromatic rings. The van der Waals surface area contributed by atoms with Crippen molar-refractivity contribution in [2.45, 2.75) is 0 Å². The number of aromatic nitrogens is 3. The Kier molecular flexibility index (Phi) is 5.51. The number of pyridine rings is 1. The highest BCUT2D eigenvalue weighted by molar-refractivity contribution is 7.17. The Balaban J connectivity index is 1.39. The molecular formula is C23H20FN5O3S. The van der Waals surface area contributed by atoms with Crippen LogP contribution in [0.5, 0.6) is 5.75 Å². The second-order valence-electron chi connectivity index (χ2n) is 7.55. The number of carbonyl (C=O) groups is 1. The zero-order valence-corrected chi connectivity index (χ0v) is 18.6. The minimum Gasteiger partial charge on any atom is -0.494 e. The van der Waals surface area contributed by atoms with Gasteiger partial charge in [0.15, 0.2) is 5.82 Å². The fourth-order valence-electron chi connectivity index (χ4n) is 3.94. The number of ether oxygens (including phenoxy) is 1. The molecular weight excluding hydrogens is 445 g/mol. The molecule has 4 heterocycles. The summed E-state index contributed by atoms with van der Waals surface area (Å²) >= 11 is 1.20. The average Bonchev–Trinajstić information content (AvgIpc) is 3.29. The van der Waals surface area contributed by atoms with Crippen molar-refractivity contribution in [3.05, 3.63) is 69.7 Å². The highest BCUT2D eigenvalue weighted by atomic mass is 32.1. The Morgan fingerprint density at radius 1 is 1.18 bits per heavy atom. The van der Waals surface area contributed by atoms with Crippen molar-refractivity contribution in [3.8, 4) is 17.3 Å². The molecule has 0 saturated carbocycles. The summed E-state index contributed by atoms with van der Waals surface area (Å²) in [5.74, 6) is 0.260. The Morgan fingerprint density at radius 3 is 2.73 bits per heavy atom. The van der Waals surface area contributed by atoms with Gasteiger partial charge in [-0.25, -0.2) is 9.37 Å². The van der Waals surface area contributed by atoms with Crippen molar-refractivity contribution in [1.82, 2.24) is 19.9 Å². The number of hydrogen-bond donors (Lipinski definition) is 1.